The molecule has 1 atom stereocenters. The number of amides is 1. The van der Waals surface area contributed by atoms with E-state index in [0.717, 1.165) is 18.4 Å². The van der Waals surface area contributed by atoms with Gasteiger partial charge in [0.2, 0.25) is 0 Å². The molecule has 1 heterocycles. The molecular formula is C15H21ClN2O2. The number of hydrogen-bond acceptors (Lipinski definition) is 3. The molecule has 1 unspecified atom stereocenters. The van der Waals surface area contributed by atoms with Gasteiger partial charge in [0.15, 0.2) is 0 Å². The Balaban J connectivity index is 2.21. The second-order valence-corrected chi connectivity index (χ2v) is 6.52. The third-order valence-corrected chi connectivity index (χ3v) is 3.59. The summed E-state index contributed by atoms with van der Waals surface area (Å²) in [5.74, 6) is 0. The molecule has 1 saturated heterocycles. The molecule has 0 bridgehead atoms. The van der Waals surface area contributed by atoms with Crippen molar-refractivity contribution in [1.29, 1.82) is 0 Å². The monoisotopic (exact) mass is 296 g/mol. The second kappa shape index (κ2) is 5.52. The fourth-order valence-electron chi connectivity index (χ4n) is 2.44. The van der Waals surface area contributed by atoms with Gasteiger partial charge in [0.05, 0.1) is 6.04 Å². The summed E-state index contributed by atoms with van der Waals surface area (Å²) in [5.41, 5.74) is 6.78. The van der Waals surface area contributed by atoms with Gasteiger partial charge in [-0.15, -0.1) is 0 Å². The highest BCUT2D eigenvalue weighted by Crippen LogP contribution is 2.37. The van der Waals surface area contributed by atoms with Crippen molar-refractivity contribution in [2.75, 3.05) is 12.3 Å². The highest BCUT2D eigenvalue weighted by atomic mass is 35.5. The van der Waals surface area contributed by atoms with Gasteiger partial charge < -0.3 is 15.4 Å². The molecule has 1 aromatic rings. The number of carbonyl (C=O) groups is 1. The summed E-state index contributed by atoms with van der Waals surface area (Å²) in [5, 5.41) is 0.602. The molecule has 1 aromatic carbocycles. The highest BCUT2D eigenvalue weighted by Gasteiger charge is 2.34. The molecule has 1 aliphatic rings. The van der Waals surface area contributed by atoms with Gasteiger partial charge in [0.25, 0.3) is 0 Å². The zero-order chi connectivity index (χ0) is 14.9. The Kier molecular flexibility index (Phi) is 4.14. The zero-order valence-corrected chi connectivity index (χ0v) is 12.9. The molecule has 4 nitrogen and oxygen atoms in total. The van der Waals surface area contributed by atoms with Crippen molar-refractivity contribution in [1.82, 2.24) is 4.90 Å². The van der Waals surface area contributed by atoms with Gasteiger partial charge in [-0.25, -0.2) is 4.79 Å². The van der Waals surface area contributed by atoms with E-state index in [2.05, 4.69) is 0 Å². The van der Waals surface area contributed by atoms with Crippen molar-refractivity contribution >= 4 is 23.4 Å². The number of benzene rings is 1. The molecule has 0 saturated carbocycles. The predicted octanol–water partition coefficient (Wildman–Crippen LogP) is 3.99. The Bertz CT molecular complexity index is 511. The Hall–Kier alpha value is -1.42. The predicted molar refractivity (Wildman–Crippen MR) is 80.8 cm³/mol. The van der Waals surface area contributed by atoms with Gasteiger partial charge in [-0.05, 0) is 51.3 Å². The van der Waals surface area contributed by atoms with Gasteiger partial charge >= 0.3 is 6.09 Å². The third kappa shape index (κ3) is 3.37. The lowest BCUT2D eigenvalue weighted by Gasteiger charge is -2.29. The maximum Gasteiger partial charge on any atom is 0.410 e. The molecule has 2 N–H and O–H groups in total. The van der Waals surface area contributed by atoms with E-state index in [1.807, 2.05) is 32.9 Å². The summed E-state index contributed by atoms with van der Waals surface area (Å²) in [4.78, 5) is 14.0. The molecule has 0 aromatic heterocycles. The smallest absolute Gasteiger partial charge is 0.410 e. The van der Waals surface area contributed by atoms with Crippen molar-refractivity contribution in [3.8, 4) is 0 Å². The van der Waals surface area contributed by atoms with E-state index in [-0.39, 0.29) is 12.1 Å². The Labute approximate surface area is 124 Å². The lowest BCUT2D eigenvalue weighted by molar-refractivity contribution is 0.0224. The molecule has 1 aliphatic heterocycles. The van der Waals surface area contributed by atoms with E-state index < -0.39 is 5.60 Å². The van der Waals surface area contributed by atoms with Crippen molar-refractivity contribution in [3.05, 3.63) is 28.8 Å². The number of anilines is 1. The standard InChI is InChI=1S/C15H21ClN2O2/c1-15(2,3)20-14(19)18-8-4-5-13(18)11-7-6-10(17)9-12(11)16/h6-7,9,13H,4-5,8,17H2,1-3H3. The summed E-state index contributed by atoms with van der Waals surface area (Å²) < 4.78 is 5.46. The molecule has 20 heavy (non-hydrogen) atoms. The number of carbonyl (C=O) groups excluding carboxylic acids is 1. The second-order valence-electron chi connectivity index (χ2n) is 6.11. The number of nitrogens with zero attached hydrogens (tertiary/aromatic N) is 1. The van der Waals surface area contributed by atoms with Gasteiger partial charge in [-0.2, -0.15) is 0 Å². The van der Waals surface area contributed by atoms with Crippen LogP contribution >= 0.6 is 11.6 Å². The van der Waals surface area contributed by atoms with Crippen molar-refractivity contribution < 1.29 is 9.53 Å². The van der Waals surface area contributed by atoms with E-state index >= 15 is 0 Å². The minimum absolute atomic E-state index is 0.0297. The van der Waals surface area contributed by atoms with Crippen LogP contribution in [0.25, 0.3) is 0 Å². The molecule has 0 spiro atoms. The van der Waals surface area contributed by atoms with Crippen LogP contribution in [0.1, 0.15) is 45.2 Å². The zero-order valence-electron chi connectivity index (χ0n) is 12.1. The fraction of sp³-hybridized carbons (Fsp3) is 0.533. The van der Waals surface area contributed by atoms with E-state index in [1.54, 1.807) is 11.0 Å². The lowest BCUT2D eigenvalue weighted by atomic mass is 10.0. The first kappa shape index (κ1) is 15.0. The normalized spacial score (nSPS) is 19.2. The van der Waals surface area contributed by atoms with Gasteiger partial charge in [0, 0.05) is 17.3 Å². The van der Waals surface area contributed by atoms with Crippen molar-refractivity contribution in [3.63, 3.8) is 0 Å². The fourth-order valence-corrected chi connectivity index (χ4v) is 2.76. The number of nitrogens with two attached hydrogens (primary N) is 1. The number of hydrogen-bond donors (Lipinski definition) is 1. The van der Waals surface area contributed by atoms with Crippen molar-refractivity contribution in [2.45, 2.75) is 45.3 Å². The summed E-state index contributed by atoms with van der Waals surface area (Å²) >= 11 is 6.25. The average Bonchev–Trinajstić information content (AvgIpc) is 2.75. The number of ether oxygens (including phenoxy) is 1. The Morgan fingerprint density at radius 2 is 2.15 bits per heavy atom. The van der Waals surface area contributed by atoms with Gasteiger partial charge in [-0.3, -0.25) is 0 Å². The number of likely N-dealkylation sites (tertiary alicyclic amines) is 1. The number of halogens is 1. The van der Waals surface area contributed by atoms with Crippen LogP contribution in [-0.2, 0) is 4.74 Å². The topological polar surface area (TPSA) is 55.6 Å². The molecule has 0 aliphatic carbocycles. The van der Waals surface area contributed by atoms with E-state index in [1.165, 1.54) is 0 Å². The van der Waals surface area contributed by atoms with Crippen LogP contribution < -0.4 is 5.73 Å². The largest absolute Gasteiger partial charge is 0.444 e. The van der Waals surface area contributed by atoms with Crippen LogP contribution in [0.3, 0.4) is 0 Å². The minimum Gasteiger partial charge on any atom is -0.444 e. The Morgan fingerprint density at radius 3 is 2.75 bits per heavy atom. The molecular weight excluding hydrogens is 276 g/mol. The third-order valence-electron chi connectivity index (χ3n) is 3.26. The first-order chi connectivity index (χ1) is 9.28. The molecule has 110 valence electrons. The molecule has 0 radical (unpaired) electrons. The lowest BCUT2D eigenvalue weighted by Crippen LogP contribution is -2.36. The first-order valence-corrected chi connectivity index (χ1v) is 7.20. The van der Waals surface area contributed by atoms with Crippen molar-refractivity contribution in [2.24, 2.45) is 0 Å². The maximum absolute atomic E-state index is 12.3. The van der Waals surface area contributed by atoms with Crippen LogP contribution in [-0.4, -0.2) is 23.1 Å². The number of nitrogen functional groups attached to an aromatic ring is 1. The van der Waals surface area contributed by atoms with Gasteiger partial charge in [-0.1, -0.05) is 17.7 Å². The SMILES string of the molecule is CC(C)(C)OC(=O)N1CCCC1c1ccc(N)cc1Cl. The van der Waals surface area contributed by atoms with Crippen LogP contribution in [0.4, 0.5) is 10.5 Å². The molecule has 1 fully saturated rings. The maximum atomic E-state index is 12.3. The molecule has 5 heteroatoms. The summed E-state index contributed by atoms with van der Waals surface area (Å²) in [6.45, 7) is 6.30. The summed E-state index contributed by atoms with van der Waals surface area (Å²) in [6.07, 6.45) is 1.56. The van der Waals surface area contributed by atoms with Crippen LogP contribution in [0.5, 0.6) is 0 Å². The molecule has 1 amide bonds. The summed E-state index contributed by atoms with van der Waals surface area (Å²) in [7, 11) is 0. The van der Waals surface area contributed by atoms with Crippen LogP contribution in [0.15, 0.2) is 18.2 Å². The van der Waals surface area contributed by atoms with Crippen LogP contribution in [0, 0.1) is 0 Å². The Morgan fingerprint density at radius 1 is 1.45 bits per heavy atom. The quantitative estimate of drug-likeness (QED) is 0.797. The number of rotatable bonds is 1. The van der Waals surface area contributed by atoms with E-state index in [0.29, 0.717) is 17.3 Å². The van der Waals surface area contributed by atoms with Crippen LogP contribution in [0.2, 0.25) is 5.02 Å². The minimum atomic E-state index is -0.491. The van der Waals surface area contributed by atoms with E-state index in [9.17, 15) is 4.79 Å². The molecule has 2 rings (SSSR count). The first-order valence-electron chi connectivity index (χ1n) is 6.82. The average molecular weight is 297 g/mol. The van der Waals surface area contributed by atoms with Gasteiger partial charge in [0.1, 0.15) is 5.60 Å². The summed E-state index contributed by atoms with van der Waals surface area (Å²) in [6, 6.07) is 5.40. The van der Waals surface area contributed by atoms with E-state index in [4.69, 9.17) is 22.1 Å². The highest BCUT2D eigenvalue weighted by molar-refractivity contribution is 6.31.